The van der Waals surface area contributed by atoms with Crippen LogP contribution in [0.4, 0.5) is 0 Å². The minimum atomic E-state index is -0.994. The fourth-order valence-corrected chi connectivity index (χ4v) is 0.895. The Hall–Kier alpha value is -1.58. The number of carbonyl (C=O) groups excluding carboxylic acids is 1. The molecule has 0 aromatic carbocycles. The van der Waals surface area contributed by atoms with Crippen LogP contribution in [0.3, 0.4) is 0 Å². The molecule has 0 atom stereocenters. The minimum Gasteiger partial charge on any atom is -0.478 e. The Bertz CT molecular complexity index is 323. The molecule has 0 aromatic heterocycles. The third-order valence-electron chi connectivity index (χ3n) is 1.94. The Labute approximate surface area is 89.2 Å². The standard InChI is InChI=1S/C11H16O4/c1-5-15-11(14)9(4)7(2)6-8(3)10(12)13/h6H,5H2,1-4H3,(H,12,13). The van der Waals surface area contributed by atoms with E-state index in [-0.39, 0.29) is 5.57 Å². The average molecular weight is 212 g/mol. The van der Waals surface area contributed by atoms with Crippen LogP contribution < -0.4 is 0 Å². The smallest absolute Gasteiger partial charge is 0.333 e. The van der Waals surface area contributed by atoms with Gasteiger partial charge in [-0.2, -0.15) is 0 Å². The number of rotatable bonds is 4. The number of carboxylic acids is 1. The van der Waals surface area contributed by atoms with Gasteiger partial charge in [0.25, 0.3) is 0 Å². The van der Waals surface area contributed by atoms with Gasteiger partial charge in [-0.25, -0.2) is 9.59 Å². The number of hydrogen-bond donors (Lipinski definition) is 1. The van der Waals surface area contributed by atoms with Gasteiger partial charge in [0.05, 0.1) is 6.61 Å². The molecule has 4 heteroatoms. The summed E-state index contributed by atoms with van der Waals surface area (Å²) in [6, 6.07) is 0. The molecule has 1 N–H and O–H groups in total. The van der Waals surface area contributed by atoms with E-state index >= 15 is 0 Å². The second kappa shape index (κ2) is 6.01. The zero-order chi connectivity index (χ0) is 12.0. The Morgan fingerprint density at radius 2 is 1.80 bits per heavy atom. The zero-order valence-corrected chi connectivity index (χ0v) is 9.46. The highest BCUT2D eigenvalue weighted by Crippen LogP contribution is 2.09. The van der Waals surface area contributed by atoms with Gasteiger partial charge < -0.3 is 9.84 Å². The summed E-state index contributed by atoms with van der Waals surface area (Å²) in [5.41, 5.74) is 1.22. The van der Waals surface area contributed by atoms with Crippen LogP contribution in [0.15, 0.2) is 22.8 Å². The highest BCUT2D eigenvalue weighted by molar-refractivity contribution is 5.91. The van der Waals surface area contributed by atoms with Gasteiger partial charge in [-0.05, 0) is 39.3 Å². The number of hydrogen-bond acceptors (Lipinski definition) is 3. The molecule has 4 nitrogen and oxygen atoms in total. The Morgan fingerprint density at radius 1 is 1.27 bits per heavy atom. The first kappa shape index (κ1) is 13.4. The first-order valence-electron chi connectivity index (χ1n) is 4.66. The predicted octanol–water partition coefficient (Wildman–Crippen LogP) is 1.92. The summed E-state index contributed by atoms with van der Waals surface area (Å²) in [4.78, 5) is 21.8. The van der Waals surface area contributed by atoms with E-state index in [1.54, 1.807) is 20.8 Å². The molecular formula is C11H16O4. The van der Waals surface area contributed by atoms with Crippen LogP contribution in [-0.2, 0) is 14.3 Å². The van der Waals surface area contributed by atoms with Crippen LogP contribution >= 0.6 is 0 Å². The molecule has 0 amide bonds. The van der Waals surface area contributed by atoms with Crippen molar-refractivity contribution in [1.82, 2.24) is 0 Å². The molecule has 0 aliphatic heterocycles. The molecule has 0 rings (SSSR count). The van der Waals surface area contributed by atoms with Crippen molar-refractivity contribution in [3.05, 3.63) is 22.8 Å². The largest absolute Gasteiger partial charge is 0.478 e. The summed E-state index contributed by atoms with van der Waals surface area (Å²) in [5.74, 6) is -1.41. The maximum atomic E-state index is 11.3. The Morgan fingerprint density at radius 3 is 2.20 bits per heavy atom. The molecule has 15 heavy (non-hydrogen) atoms. The van der Waals surface area contributed by atoms with E-state index in [4.69, 9.17) is 9.84 Å². The lowest BCUT2D eigenvalue weighted by atomic mass is 10.1. The van der Waals surface area contributed by atoms with Gasteiger partial charge in [-0.15, -0.1) is 0 Å². The van der Waals surface area contributed by atoms with E-state index in [0.29, 0.717) is 17.8 Å². The molecule has 0 unspecified atom stereocenters. The highest BCUT2D eigenvalue weighted by atomic mass is 16.5. The van der Waals surface area contributed by atoms with Gasteiger partial charge in [-0.1, -0.05) is 0 Å². The van der Waals surface area contributed by atoms with Crippen molar-refractivity contribution in [3.63, 3.8) is 0 Å². The monoisotopic (exact) mass is 212 g/mol. The second-order valence-electron chi connectivity index (χ2n) is 3.16. The number of esters is 1. The van der Waals surface area contributed by atoms with E-state index in [0.717, 1.165) is 0 Å². The van der Waals surface area contributed by atoms with Crippen molar-refractivity contribution in [2.75, 3.05) is 6.61 Å². The summed E-state index contributed by atoms with van der Waals surface area (Å²) in [6.45, 7) is 6.80. The molecule has 0 aromatic rings. The summed E-state index contributed by atoms with van der Waals surface area (Å²) >= 11 is 0. The Kier molecular flexibility index (Phi) is 5.37. The number of carbonyl (C=O) groups is 2. The van der Waals surface area contributed by atoms with Gasteiger partial charge in [-0.3, -0.25) is 0 Å². The van der Waals surface area contributed by atoms with Crippen molar-refractivity contribution in [2.45, 2.75) is 27.7 Å². The Balaban J connectivity index is 4.87. The third-order valence-corrected chi connectivity index (χ3v) is 1.94. The maximum Gasteiger partial charge on any atom is 0.333 e. The van der Waals surface area contributed by atoms with E-state index in [9.17, 15) is 9.59 Å². The van der Waals surface area contributed by atoms with E-state index in [2.05, 4.69) is 0 Å². The lowest BCUT2D eigenvalue weighted by Gasteiger charge is -2.04. The van der Waals surface area contributed by atoms with Crippen LogP contribution in [-0.4, -0.2) is 23.7 Å². The van der Waals surface area contributed by atoms with Crippen molar-refractivity contribution in [2.24, 2.45) is 0 Å². The summed E-state index contributed by atoms with van der Waals surface area (Å²) in [6.07, 6.45) is 1.45. The quantitative estimate of drug-likeness (QED) is 0.439. The molecule has 0 bridgehead atoms. The molecule has 0 heterocycles. The van der Waals surface area contributed by atoms with Crippen LogP contribution in [0.5, 0.6) is 0 Å². The van der Waals surface area contributed by atoms with Crippen LogP contribution in [0, 0.1) is 0 Å². The second-order valence-corrected chi connectivity index (χ2v) is 3.16. The van der Waals surface area contributed by atoms with Gasteiger partial charge in [0, 0.05) is 11.1 Å². The molecular weight excluding hydrogens is 196 g/mol. The normalized spacial score (nSPS) is 13.2. The number of aliphatic carboxylic acids is 1. The zero-order valence-electron chi connectivity index (χ0n) is 9.46. The number of ether oxygens (including phenoxy) is 1. The number of carboxylic acid groups (broad SMARTS) is 1. The predicted molar refractivity (Wildman–Crippen MR) is 56.4 cm³/mol. The first-order chi connectivity index (χ1) is 6.90. The first-order valence-corrected chi connectivity index (χ1v) is 4.66. The summed E-state index contributed by atoms with van der Waals surface area (Å²) in [5, 5.41) is 8.65. The van der Waals surface area contributed by atoms with Crippen LogP contribution in [0.1, 0.15) is 27.7 Å². The molecule has 0 spiro atoms. The van der Waals surface area contributed by atoms with Crippen molar-refractivity contribution >= 4 is 11.9 Å². The minimum absolute atomic E-state index is 0.191. The van der Waals surface area contributed by atoms with Gasteiger partial charge in [0.2, 0.25) is 0 Å². The number of allylic oxidation sites excluding steroid dienone is 2. The molecule has 0 aliphatic rings. The lowest BCUT2D eigenvalue weighted by molar-refractivity contribution is -0.138. The molecule has 0 aliphatic carbocycles. The topological polar surface area (TPSA) is 63.6 Å². The summed E-state index contributed by atoms with van der Waals surface area (Å²) in [7, 11) is 0. The van der Waals surface area contributed by atoms with Crippen molar-refractivity contribution in [1.29, 1.82) is 0 Å². The fourth-order valence-electron chi connectivity index (χ4n) is 0.895. The van der Waals surface area contributed by atoms with Crippen molar-refractivity contribution in [3.8, 4) is 0 Å². The van der Waals surface area contributed by atoms with Gasteiger partial charge in [0.1, 0.15) is 0 Å². The average Bonchev–Trinajstić information content (AvgIpc) is 2.16. The molecule has 0 radical (unpaired) electrons. The molecule has 0 fully saturated rings. The molecule has 0 saturated heterocycles. The maximum absolute atomic E-state index is 11.3. The fraction of sp³-hybridized carbons (Fsp3) is 0.455. The highest BCUT2D eigenvalue weighted by Gasteiger charge is 2.08. The summed E-state index contributed by atoms with van der Waals surface area (Å²) < 4.78 is 4.79. The SMILES string of the molecule is CCOC(=O)C(C)=C(C)C=C(C)C(=O)O. The van der Waals surface area contributed by atoms with E-state index in [1.807, 2.05) is 0 Å². The van der Waals surface area contributed by atoms with Crippen LogP contribution in [0.2, 0.25) is 0 Å². The van der Waals surface area contributed by atoms with Crippen LogP contribution in [0.25, 0.3) is 0 Å². The van der Waals surface area contributed by atoms with Crippen molar-refractivity contribution < 1.29 is 19.4 Å². The van der Waals surface area contributed by atoms with E-state index < -0.39 is 11.9 Å². The van der Waals surface area contributed by atoms with E-state index in [1.165, 1.54) is 13.0 Å². The third kappa shape index (κ3) is 4.44. The molecule has 0 saturated carbocycles. The molecule has 84 valence electrons. The lowest BCUT2D eigenvalue weighted by Crippen LogP contribution is -2.07. The van der Waals surface area contributed by atoms with Gasteiger partial charge >= 0.3 is 11.9 Å². The van der Waals surface area contributed by atoms with Gasteiger partial charge in [0.15, 0.2) is 0 Å².